The molecule has 0 radical (unpaired) electrons. The zero-order chi connectivity index (χ0) is 29.8. The maximum Gasteiger partial charge on any atom is 0.194 e. The standard InChI is InChI=1S/C38H56O4/c1-3-5-7-9-11-13-15-17-19-23-27-41-35-29-33-34(38(40)32-26-22-21-25-31(32)37(33)39)30-36(35)42-28-24-20-18-16-14-12-10-8-6-4-2/h21-22,25-26,29-30H,3-20,23-24,27-28H2,1-2H3. The lowest BCUT2D eigenvalue weighted by molar-refractivity contribution is 0.0978. The van der Waals surface area contributed by atoms with Gasteiger partial charge in [-0.1, -0.05) is 154 Å². The van der Waals surface area contributed by atoms with Crippen molar-refractivity contribution < 1.29 is 19.1 Å². The molecule has 2 aromatic rings. The second-order valence-corrected chi connectivity index (χ2v) is 12.1. The van der Waals surface area contributed by atoms with Crippen molar-refractivity contribution in [2.45, 2.75) is 142 Å². The third-order valence-electron chi connectivity index (χ3n) is 8.50. The van der Waals surface area contributed by atoms with E-state index in [-0.39, 0.29) is 11.6 Å². The number of hydrogen-bond donors (Lipinski definition) is 0. The molecule has 0 saturated carbocycles. The van der Waals surface area contributed by atoms with Crippen LogP contribution >= 0.6 is 0 Å². The number of rotatable bonds is 24. The van der Waals surface area contributed by atoms with Crippen LogP contribution in [0.25, 0.3) is 0 Å². The summed E-state index contributed by atoms with van der Waals surface area (Å²) in [7, 11) is 0. The molecule has 0 aromatic heterocycles. The summed E-state index contributed by atoms with van der Waals surface area (Å²) in [5.74, 6) is 0.921. The molecule has 0 amide bonds. The number of benzene rings is 2. The Morgan fingerprint density at radius 2 is 0.738 bits per heavy atom. The predicted molar refractivity (Wildman–Crippen MR) is 174 cm³/mol. The van der Waals surface area contributed by atoms with Gasteiger partial charge in [0.25, 0.3) is 0 Å². The molecule has 1 aliphatic carbocycles. The van der Waals surface area contributed by atoms with Crippen molar-refractivity contribution in [1.82, 2.24) is 0 Å². The average Bonchev–Trinajstić information content (AvgIpc) is 3.01. The summed E-state index contributed by atoms with van der Waals surface area (Å²) in [4.78, 5) is 26.6. The van der Waals surface area contributed by atoms with Crippen LogP contribution in [0.15, 0.2) is 36.4 Å². The van der Waals surface area contributed by atoms with Crippen LogP contribution in [0.1, 0.15) is 174 Å². The third kappa shape index (κ3) is 11.2. The molecule has 232 valence electrons. The molecule has 0 saturated heterocycles. The predicted octanol–water partition coefficient (Wildman–Crippen LogP) is 11.1. The van der Waals surface area contributed by atoms with Crippen LogP contribution in [0, 0.1) is 0 Å². The van der Waals surface area contributed by atoms with Crippen LogP contribution in [0.4, 0.5) is 0 Å². The number of hydrogen-bond acceptors (Lipinski definition) is 4. The molecule has 0 atom stereocenters. The van der Waals surface area contributed by atoms with Crippen LogP contribution < -0.4 is 9.47 Å². The highest BCUT2D eigenvalue weighted by atomic mass is 16.5. The smallest absolute Gasteiger partial charge is 0.194 e. The number of unbranched alkanes of at least 4 members (excludes halogenated alkanes) is 18. The number of ether oxygens (including phenoxy) is 2. The van der Waals surface area contributed by atoms with Crippen molar-refractivity contribution in [3.8, 4) is 11.5 Å². The Bertz CT molecular complexity index is 989. The minimum atomic E-state index is -0.120. The van der Waals surface area contributed by atoms with Crippen molar-refractivity contribution >= 4 is 11.6 Å². The van der Waals surface area contributed by atoms with Gasteiger partial charge < -0.3 is 9.47 Å². The lowest BCUT2D eigenvalue weighted by Crippen LogP contribution is -2.21. The van der Waals surface area contributed by atoms with E-state index >= 15 is 0 Å². The highest BCUT2D eigenvalue weighted by Crippen LogP contribution is 2.37. The van der Waals surface area contributed by atoms with Crippen molar-refractivity contribution in [3.63, 3.8) is 0 Å². The Kier molecular flexibility index (Phi) is 16.4. The summed E-state index contributed by atoms with van der Waals surface area (Å²) in [6, 6.07) is 10.6. The van der Waals surface area contributed by atoms with Gasteiger partial charge >= 0.3 is 0 Å². The molecule has 0 fully saturated rings. The minimum absolute atomic E-state index is 0.120. The van der Waals surface area contributed by atoms with Gasteiger partial charge in [0.05, 0.1) is 13.2 Å². The van der Waals surface area contributed by atoms with Crippen LogP contribution in [0.2, 0.25) is 0 Å². The van der Waals surface area contributed by atoms with E-state index in [2.05, 4.69) is 13.8 Å². The zero-order valence-electron chi connectivity index (χ0n) is 26.7. The van der Waals surface area contributed by atoms with Crippen LogP contribution in [-0.2, 0) is 0 Å². The van der Waals surface area contributed by atoms with Gasteiger partial charge in [-0.2, -0.15) is 0 Å². The fourth-order valence-corrected chi connectivity index (χ4v) is 5.87. The number of carbonyl (C=O) groups excluding carboxylic acids is 2. The van der Waals surface area contributed by atoms with Crippen LogP contribution in [0.5, 0.6) is 11.5 Å². The summed E-state index contributed by atoms with van der Waals surface area (Å²) in [6.07, 6.45) is 25.4. The fraction of sp³-hybridized carbons (Fsp3) is 0.632. The second kappa shape index (κ2) is 20.3. The summed E-state index contributed by atoms with van der Waals surface area (Å²) in [6.45, 7) is 5.69. The van der Waals surface area contributed by atoms with Crippen LogP contribution in [0.3, 0.4) is 0 Å². The lowest BCUT2D eigenvalue weighted by atomic mass is 9.84. The second-order valence-electron chi connectivity index (χ2n) is 12.1. The van der Waals surface area contributed by atoms with Crippen molar-refractivity contribution in [2.75, 3.05) is 13.2 Å². The first-order valence-electron chi connectivity index (χ1n) is 17.3. The van der Waals surface area contributed by atoms with Gasteiger partial charge in [0, 0.05) is 22.3 Å². The largest absolute Gasteiger partial charge is 0.490 e. The SMILES string of the molecule is CCCCCCCCCCCCOc1cc2c(cc1OCCCCCCCCCCCC)C(=O)c1ccccc1C2=O. The molecule has 42 heavy (non-hydrogen) atoms. The van der Waals surface area contributed by atoms with Crippen molar-refractivity contribution in [3.05, 3.63) is 58.7 Å². The van der Waals surface area contributed by atoms with Crippen molar-refractivity contribution in [2.24, 2.45) is 0 Å². The van der Waals surface area contributed by atoms with Gasteiger partial charge in [0.2, 0.25) is 0 Å². The molecule has 0 bridgehead atoms. The molecule has 1 aliphatic rings. The highest BCUT2D eigenvalue weighted by molar-refractivity contribution is 6.28. The maximum absolute atomic E-state index is 13.3. The van der Waals surface area contributed by atoms with E-state index in [0.29, 0.717) is 47.0 Å². The third-order valence-corrected chi connectivity index (χ3v) is 8.50. The summed E-state index contributed by atoms with van der Waals surface area (Å²) >= 11 is 0. The number of ketones is 2. The fourth-order valence-electron chi connectivity index (χ4n) is 5.87. The molecule has 2 aromatic carbocycles. The Hall–Kier alpha value is -2.62. The molecular formula is C38H56O4. The highest BCUT2D eigenvalue weighted by Gasteiger charge is 2.31. The minimum Gasteiger partial charge on any atom is -0.490 e. The van der Waals surface area contributed by atoms with E-state index in [9.17, 15) is 9.59 Å². The first kappa shape index (κ1) is 33.9. The summed E-state index contributed by atoms with van der Waals surface area (Å²) < 4.78 is 12.4. The monoisotopic (exact) mass is 576 g/mol. The Morgan fingerprint density at radius 1 is 0.429 bits per heavy atom. The van der Waals surface area contributed by atoms with E-state index in [1.807, 2.05) is 12.1 Å². The molecule has 0 aliphatic heterocycles. The summed E-state index contributed by atoms with van der Waals surface area (Å²) in [5, 5.41) is 0. The quantitative estimate of drug-likeness (QED) is 0.0995. The van der Waals surface area contributed by atoms with Gasteiger partial charge in [-0.15, -0.1) is 0 Å². The maximum atomic E-state index is 13.3. The number of fused-ring (bicyclic) bond motifs is 2. The molecule has 4 heteroatoms. The first-order chi connectivity index (χ1) is 20.7. The van der Waals surface area contributed by atoms with Gasteiger partial charge in [0.15, 0.2) is 23.1 Å². The zero-order valence-corrected chi connectivity index (χ0v) is 26.7. The Morgan fingerprint density at radius 3 is 1.07 bits per heavy atom. The van der Waals surface area contributed by atoms with E-state index in [1.165, 1.54) is 103 Å². The van der Waals surface area contributed by atoms with E-state index < -0.39 is 0 Å². The molecule has 0 spiro atoms. The lowest BCUT2D eigenvalue weighted by Gasteiger charge is -2.21. The molecule has 3 rings (SSSR count). The average molecular weight is 577 g/mol. The molecular weight excluding hydrogens is 520 g/mol. The van der Waals surface area contributed by atoms with Gasteiger partial charge in [-0.05, 0) is 25.0 Å². The molecule has 0 heterocycles. The topological polar surface area (TPSA) is 52.6 Å². The van der Waals surface area contributed by atoms with Gasteiger partial charge in [-0.25, -0.2) is 0 Å². The van der Waals surface area contributed by atoms with E-state index in [1.54, 1.807) is 24.3 Å². The molecule has 4 nitrogen and oxygen atoms in total. The Labute approximate surface area is 256 Å². The number of carbonyl (C=O) groups is 2. The normalized spacial score (nSPS) is 12.3. The summed E-state index contributed by atoms with van der Waals surface area (Å²) in [5.41, 5.74) is 1.77. The van der Waals surface area contributed by atoms with E-state index in [0.717, 1.165) is 25.7 Å². The van der Waals surface area contributed by atoms with Crippen molar-refractivity contribution in [1.29, 1.82) is 0 Å². The van der Waals surface area contributed by atoms with E-state index in [4.69, 9.17) is 9.47 Å². The first-order valence-corrected chi connectivity index (χ1v) is 17.3. The van der Waals surface area contributed by atoms with Gasteiger partial charge in [-0.3, -0.25) is 9.59 Å². The Balaban J connectivity index is 1.50. The molecule has 0 unspecified atom stereocenters. The van der Waals surface area contributed by atoms with Crippen LogP contribution in [-0.4, -0.2) is 24.8 Å². The van der Waals surface area contributed by atoms with Gasteiger partial charge in [0.1, 0.15) is 0 Å². The molecule has 0 N–H and O–H groups in total.